The molecule has 0 spiro atoms. The summed E-state index contributed by atoms with van der Waals surface area (Å²) in [4.78, 5) is 11.6. The number of rotatable bonds is 4. The molecule has 4 nitrogen and oxygen atoms in total. The zero-order valence-electron chi connectivity index (χ0n) is 9.32. The van der Waals surface area contributed by atoms with Gasteiger partial charge >= 0.3 is 0 Å². The average molecular weight is 239 g/mol. The van der Waals surface area contributed by atoms with E-state index < -0.39 is 0 Å². The number of carbonyl (C=O) groups is 1. The summed E-state index contributed by atoms with van der Waals surface area (Å²) in [5.41, 5.74) is 0.444. The van der Waals surface area contributed by atoms with Crippen LogP contribution < -0.4 is 5.32 Å². The Bertz CT molecular complexity index is 374. The van der Waals surface area contributed by atoms with Crippen LogP contribution in [-0.2, 0) is 9.47 Å². The summed E-state index contributed by atoms with van der Waals surface area (Å²) in [6, 6.07) is 5.43. The Labute approximate surface area is 98.7 Å². The lowest BCUT2D eigenvalue weighted by Crippen LogP contribution is -2.27. The van der Waals surface area contributed by atoms with Crippen LogP contribution in [0.2, 0.25) is 0 Å². The molecular formula is C12H14FNO3. The van der Waals surface area contributed by atoms with Crippen molar-refractivity contribution >= 4 is 5.91 Å². The van der Waals surface area contributed by atoms with E-state index in [1.807, 2.05) is 0 Å². The van der Waals surface area contributed by atoms with Gasteiger partial charge < -0.3 is 14.8 Å². The summed E-state index contributed by atoms with van der Waals surface area (Å²) < 4.78 is 23.1. The van der Waals surface area contributed by atoms with Gasteiger partial charge in [0.25, 0.3) is 5.91 Å². The van der Waals surface area contributed by atoms with Gasteiger partial charge in [-0.1, -0.05) is 0 Å². The van der Waals surface area contributed by atoms with Crippen molar-refractivity contribution in [1.82, 2.24) is 5.32 Å². The van der Waals surface area contributed by atoms with Crippen LogP contribution in [0.5, 0.6) is 0 Å². The van der Waals surface area contributed by atoms with E-state index in [9.17, 15) is 9.18 Å². The van der Waals surface area contributed by atoms with Crippen molar-refractivity contribution in [2.24, 2.45) is 0 Å². The third kappa shape index (κ3) is 3.51. The standard InChI is InChI=1S/C12H14FNO3/c13-10-3-1-9(2-4-10)12(15)14-6-5-11-16-7-8-17-11/h1-4,11H,5-8H2,(H,14,15). The first-order valence-electron chi connectivity index (χ1n) is 5.53. The van der Waals surface area contributed by atoms with Crippen molar-refractivity contribution < 1.29 is 18.7 Å². The maximum Gasteiger partial charge on any atom is 0.251 e. The molecule has 1 heterocycles. The van der Waals surface area contributed by atoms with Gasteiger partial charge in [0.2, 0.25) is 0 Å². The van der Waals surface area contributed by atoms with Crippen LogP contribution in [0.15, 0.2) is 24.3 Å². The first kappa shape index (κ1) is 12.0. The third-order valence-corrected chi connectivity index (χ3v) is 2.46. The maximum atomic E-state index is 12.6. The summed E-state index contributed by atoms with van der Waals surface area (Å²) >= 11 is 0. The van der Waals surface area contributed by atoms with Crippen LogP contribution in [0.25, 0.3) is 0 Å². The molecule has 0 saturated carbocycles. The monoisotopic (exact) mass is 239 g/mol. The van der Waals surface area contributed by atoms with E-state index in [0.717, 1.165) is 0 Å². The van der Waals surface area contributed by atoms with Crippen molar-refractivity contribution in [2.45, 2.75) is 12.7 Å². The van der Waals surface area contributed by atoms with Gasteiger partial charge in [-0.05, 0) is 24.3 Å². The molecule has 1 fully saturated rings. The van der Waals surface area contributed by atoms with Crippen LogP contribution >= 0.6 is 0 Å². The van der Waals surface area contributed by atoms with Gasteiger partial charge in [0, 0.05) is 18.5 Å². The van der Waals surface area contributed by atoms with Gasteiger partial charge in [0.05, 0.1) is 13.2 Å². The minimum atomic E-state index is -0.352. The third-order valence-electron chi connectivity index (χ3n) is 2.46. The number of ether oxygens (including phenoxy) is 2. The Morgan fingerprint density at radius 1 is 1.29 bits per heavy atom. The van der Waals surface area contributed by atoms with E-state index in [1.54, 1.807) is 0 Å². The van der Waals surface area contributed by atoms with Crippen molar-refractivity contribution in [2.75, 3.05) is 19.8 Å². The Morgan fingerprint density at radius 2 is 1.94 bits per heavy atom. The number of hydrogen-bond donors (Lipinski definition) is 1. The molecule has 0 aromatic heterocycles. The molecule has 1 aliphatic rings. The quantitative estimate of drug-likeness (QED) is 0.862. The Morgan fingerprint density at radius 3 is 2.59 bits per heavy atom. The highest BCUT2D eigenvalue weighted by atomic mass is 19.1. The second-order valence-corrected chi connectivity index (χ2v) is 3.72. The number of benzene rings is 1. The molecule has 5 heteroatoms. The highest BCUT2D eigenvalue weighted by Gasteiger charge is 2.15. The molecule has 0 unspecified atom stereocenters. The summed E-state index contributed by atoms with van der Waals surface area (Å²) in [5, 5.41) is 2.72. The molecule has 0 atom stereocenters. The van der Waals surface area contributed by atoms with Crippen LogP contribution in [0.4, 0.5) is 4.39 Å². The second-order valence-electron chi connectivity index (χ2n) is 3.72. The average Bonchev–Trinajstić information content (AvgIpc) is 2.83. The first-order valence-corrected chi connectivity index (χ1v) is 5.53. The predicted octanol–water partition coefficient (Wildman–Crippen LogP) is 1.32. The lowest BCUT2D eigenvalue weighted by atomic mass is 10.2. The lowest BCUT2D eigenvalue weighted by Gasteiger charge is -2.09. The van der Waals surface area contributed by atoms with E-state index in [0.29, 0.717) is 31.7 Å². The van der Waals surface area contributed by atoms with Crippen molar-refractivity contribution in [1.29, 1.82) is 0 Å². The molecule has 1 aromatic rings. The number of nitrogens with one attached hydrogen (secondary N) is 1. The fourth-order valence-corrected chi connectivity index (χ4v) is 1.58. The summed E-state index contributed by atoms with van der Waals surface area (Å²) in [5.74, 6) is -0.572. The van der Waals surface area contributed by atoms with Gasteiger partial charge in [0.1, 0.15) is 5.82 Å². The minimum Gasteiger partial charge on any atom is -0.352 e. The topological polar surface area (TPSA) is 47.6 Å². The van der Waals surface area contributed by atoms with Gasteiger partial charge in [-0.3, -0.25) is 4.79 Å². The van der Waals surface area contributed by atoms with Crippen LogP contribution in [0.1, 0.15) is 16.8 Å². The number of amides is 1. The molecular weight excluding hydrogens is 225 g/mol. The molecule has 1 aromatic carbocycles. The molecule has 92 valence electrons. The maximum absolute atomic E-state index is 12.6. The van der Waals surface area contributed by atoms with Gasteiger partial charge in [-0.2, -0.15) is 0 Å². The zero-order chi connectivity index (χ0) is 12.1. The smallest absolute Gasteiger partial charge is 0.251 e. The fourth-order valence-electron chi connectivity index (χ4n) is 1.58. The van der Waals surface area contributed by atoms with E-state index >= 15 is 0 Å². The van der Waals surface area contributed by atoms with Gasteiger partial charge in [-0.25, -0.2) is 4.39 Å². The Hall–Kier alpha value is -1.46. The van der Waals surface area contributed by atoms with E-state index in [4.69, 9.17) is 9.47 Å². The normalized spacial score (nSPS) is 16.1. The second kappa shape index (κ2) is 5.75. The number of carbonyl (C=O) groups excluding carboxylic acids is 1. The van der Waals surface area contributed by atoms with Crippen LogP contribution in [-0.4, -0.2) is 32.0 Å². The van der Waals surface area contributed by atoms with Crippen molar-refractivity contribution in [3.8, 4) is 0 Å². The van der Waals surface area contributed by atoms with Crippen LogP contribution in [0, 0.1) is 5.82 Å². The lowest BCUT2D eigenvalue weighted by molar-refractivity contribution is -0.0455. The summed E-state index contributed by atoms with van der Waals surface area (Å²) in [7, 11) is 0. The molecule has 1 amide bonds. The minimum absolute atomic E-state index is 0.219. The number of hydrogen-bond acceptors (Lipinski definition) is 3. The Kier molecular flexibility index (Phi) is 4.06. The SMILES string of the molecule is O=C(NCCC1OCCO1)c1ccc(F)cc1. The van der Waals surface area contributed by atoms with Gasteiger partial charge in [-0.15, -0.1) is 0 Å². The molecule has 2 rings (SSSR count). The predicted molar refractivity (Wildman–Crippen MR) is 59.0 cm³/mol. The van der Waals surface area contributed by atoms with Gasteiger partial charge in [0.15, 0.2) is 6.29 Å². The van der Waals surface area contributed by atoms with E-state index in [1.165, 1.54) is 24.3 Å². The highest BCUT2D eigenvalue weighted by Crippen LogP contribution is 2.07. The largest absolute Gasteiger partial charge is 0.352 e. The van der Waals surface area contributed by atoms with Crippen molar-refractivity contribution in [3.05, 3.63) is 35.6 Å². The Balaban J connectivity index is 1.75. The summed E-state index contributed by atoms with van der Waals surface area (Å²) in [6.07, 6.45) is 0.399. The summed E-state index contributed by atoms with van der Waals surface area (Å²) in [6.45, 7) is 1.69. The highest BCUT2D eigenvalue weighted by molar-refractivity contribution is 5.94. The van der Waals surface area contributed by atoms with E-state index in [2.05, 4.69) is 5.32 Å². The molecule has 17 heavy (non-hydrogen) atoms. The van der Waals surface area contributed by atoms with E-state index in [-0.39, 0.29) is 18.0 Å². The number of halogens is 1. The molecule has 0 bridgehead atoms. The molecule has 1 saturated heterocycles. The van der Waals surface area contributed by atoms with Crippen LogP contribution in [0.3, 0.4) is 0 Å². The zero-order valence-corrected chi connectivity index (χ0v) is 9.32. The molecule has 0 radical (unpaired) electrons. The van der Waals surface area contributed by atoms with Crippen molar-refractivity contribution in [3.63, 3.8) is 0 Å². The first-order chi connectivity index (χ1) is 8.25. The fraction of sp³-hybridized carbons (Fsp3) is 0.417. The molecule has 0 aliphatic carbocycles. The molecule has 1 N–H and O–H groups in total. The molecule has 1 aliphatic heterocycles.